The lowest BCUT2D eigenvalue weighted by Crippen LogP contribution is -2.44. The Labute approximate surface area is 186 Å². The van der Waals surface area contributed by atoms with Crippen LogP contribution >= 0.6 is 24.0 Å². The number of benzene rings is 1. The van der Waals surface area contributed by atoms with Gasteiger partial charge in [0.15, 0.2) is 5.96 Å². The van der Waals surface area contributed by atoms with Crippen LogP contribution in [0.2, 0.25) is 0 Å². The summed E-state index contributed by atoms with van der Waals surface area (Å²) < 4.78 is 5.60. The van der Waals surface area contributed by atoms with Gasteiger partial charge < -0.3 is 15.0 Å². The molecule has 0 radical (unpaired) electrons. The van der Waals surface area contributed by atoms with Crippen molar-refractivity contribution in [2.45, 2.75) is 44.2 Å². The third kappa shape index (κ3) is 4.17. The van der Waals surface area contributed by atoms with Crippen LogP contribution in [-0.4, -0.2) is 67.7 Å². The van der Waals surface area contributed by atoms with Crippen molar-refractivity contribution in [2.75, 3.05) is 39.8 Å². The van der Waals surface area contributed by atoms with Crippen molar-refractivity contribution in [3.63, 3.8) is 0 Å². The monoisotopic (exact) mass is 496 g/mol. The van der Waals surface area contributed by atoms with E-state index in [1.165, 1.54) is 12.0 Å². The zero-order valence-electron chi connectivity index (χ0n) is 17.2. The highest BCUT2D eigenvalue weighted by atomic mass is 127. The smallest absolute Gasteiger partial charge is 0.194 e. The lowest BCUT2D eigenvalue weighted by Gasteiger charge is -2.26. The van der Waals surface area contributed by atoms with E-state index in [-0.39, 0.29) is 29.4 Å². The van der Waals surface area contributed by atoms with Gasteiger partial charge in [-0.1, -0.05) is 37.3 Å². The molecule has 3 unspecified atom stereocenters. The average Bonchev–Trinajstić information content (AvgIpc) is 3.12. The molecule has 1 saturated heterocycles. The molecule has 3 atom stereocenters. The Morgan fingerprint density at radius 1 is 1.29 bits per heavy atom. The van der Waals surface area contributed by atoms with Gasteiger partial charge in [-0.2, -0.15) is 0 Å². The molecule has 2 heterocycles. The molecule has 3 aliphatic rings. The number of hydrogen-bond donors (Lipinski definition) is 1. The molecule has 0 bridgehead atoms. The van der Waals surface area contributed by atoms with Crippen molar-refractivity contribution in [1.29, 1.82) is 0 Å². The van der Waals surface area contributed by atoms with Gasteiger partial charge in [-0.15, -0.1) is 24.0 Å². The minimum Gasteiger partial charge on any atom is -0.496 e. The number of para-hydroxylation sites is 1. The minimum absolute atomic E-state index is 0. The van der Waals surface area contributed by atoms with E-state index in [4.69, 9.17) is 9.73 Å². The quantitative estimate of drug-likeness (QED) is 0.294. The SMILES string of the molecule is CCN=C(NC1CC1(C)c1ccccc1OC)N1CCC(N2CC=CC2)C1.I. The van der Waals surface area contributed by atoms with Crippen molar-refractivity contribution in [3.8, 4) is 5.75 Å². The summed E-state index contributed by atoms with van der Waals surface area (Å²) in [6.07, 6.45) is 6.90. The standard InChI is InChI=1S/C22H32N4O.HI/c1-4-23-21(26-14-11-17(16-26)25-12-7-8-13-25)24-20-15-22(20,2)18-9-5-6-10-19(18)27-3;/h5-10,17,20H,4,11-16H2,1-3H3,(H,23,24);1H. The highest BCUT2D eigenvalue weighted by Crippen LogP contribution is 2.51. The topological polar surface area (TPSA) is 40.1 Å². The van der Waals surface area contributed by atoms with Gasteiger partial charge in [0, 0.05) is 55.8 Å². The van der Waals surface area contributed by atoms with Gasteiger partial charge in [-0.05, 0) is 25.8 Å². The van der Waals surface area contributed by atoms with Gasteiger partial charge in [0.2, 0.25) is 0 Å². The predicted molar refractivity (Wildman–Crippen MR) is 126 cm³/mol. The maximum absolute atomic E-state index is 5.60. The Hall–Kier alpha value is -1.28. The van der Waals surface area contributed by atoms with Gasteiger partial charge in [0.25, 0.3) is 0 Å². The van der Waals surface area contributed by atoms with Gasteiger partial charge in [-0.3, -0.25) is 9.89 Å². The summed E-state index contributed by atoms with van der Waals surface area (Å²) in [6, 6.07) is 9.46. The minimum atomic E-state index is 0. The fourth-order valence-electron chi connectivity index (χ4n) is 4.56. The predicted octanol–water partition coefficient (Wildman–Crippen LogP) is 3.25. The molecule has 0 aromatic heterocycles. The molecule has 4 rings (SSSR count). The first-order chi connectivity index (χ1) is 13.2. The molecule has 1 N–H and O–H groups in total. The lowest BCUT2D eigenvalue weighted by molar-refractivity contribution is 0.259. The molecule has 28 heavy (non-hydrogen) atoms. The van der Waals surface area contributed by atoms with Crippen molar-refractivity contribution in [2.24, 2.45) is 4.99 Å². The zero-order valence-corrected chi connectivity index (χ0v) is 19.6. The van der Waals surface area contributed by atoms with E-state index in [0.29, 0.717) is 12.1 Å². The van der Waals surface area contributed by atoms with Gasteiger partial charge in [-0.25, -0.2) is 0 Å². The van der Waals surface area contributed by atoms with Crippen LogP contribution in [0.3, 0.4) is 0 Å². The second-order valence-corrected chi connectivity index (χ2v) is 8.13. The molecule has 1 saturated carbocycles. The maximum atomic E-state index is 5.60. The summed E-state index contributed by atoms with van der Waals surface area (Å²) >= 11 is 0. The van der Waals surface area contributed by atoms with Gasteiger partial charge in [0.05, 0.1) is 7.11 Å². The number of methoxy groups -OCH3 is 1. The molecule has 0 amide bonds. The first-order valence-corrected chi connectivity index (χ1v) is 10.2. The van der Waals surface area contributed by atoms with Crippen LogP contribution in [0.25, 0.3) is 0 Å². The van der Waals surface area contributed by atoms with E-state index >= 15 is 0 Å². The van der Waals surface area contributed by atoms with Crippen LogP contribution < -0.4 is 10.1 Å². The molecule has 0 spiro atoms. The van der Waals surface area contributed by atoms with E-state index in [0.717, 1.165) is 50.9 Å². The van der Waals surface area contributed by atoms with E-state index in [1.54, 1.807) is 7.11 Å². The number of likely N-dealkylation sites (tertiary alicyclic amines) is 1. The summed E-state index contributed by atoms with van der Waals surface area (Å²) in [5, 5.41) is 3.77. The molecule has 6 heteroatoms. The number of guanidine groups is 1. The maximum Gasteiger partial charge on any atom is 0.194 e. The summed E-state index contributed by atoms with van der Waals surface area (Å²) in [6.45, 7) is 9.62. The number of nitrogens with zero attached hydrogens (tertiary/aromatic N) is 3. The van der Waals surface area contributed by atoms with Crippen LogP contribution in [0.1, 0.15) is 32.3 Å². The molecule has 1 aliphatic carbocycles. The van der Waals surface area contributed by atoms with E-state index in [9.17, 15) is 0 Å². The van der Waals surface area contributed by atoms with Crippen molar-refractivity contribution < 1.29 is 4.74 Å². The second-order valence-electron chi connectivity index (χ2n) is 8.13. The molecular formula is C22H33IN4O. The third-order valence-corrected chi connectivity index (χ3v) is 6.40. The Morgan fingerprint density at radius 2 is 2.04 bits per heavy atom. The fourth-order valence-corrected chi connectivity index (χ4v) is 4.56. The van der Waals surface area contributed by atoms with Crippen LogP contribution in [0.15, 0.2) is 41.4 Å². The molecule has 154 valence electrons. The fraction of sp³-hybridized carbons (Fsp3) is 0.591. The Bertz CT molecular complexity index is 729. The average molecular weight is 496 g/mol. The first kappa shape index (κ1) is 21.4. The normalized spacial score (nSPS) is 29.7. The van der Waals surface area contributed by atoms with E-state index in [1.807, 2.05) is 6.07 Å². The number of ether oxygens (including phenoxy) is 1. The Morgan fingerprint density at radius 3 is 2.75 bits per heavy atom. The van der Waals surface area contributed by atoms with Crippen LogP contribution in [0.5, 0.6) is 5.75 Å². The first-order valence-electron chi connectivity index (χ1n) is 10.2. The van der Waals surface area contributed by atoms with Crippen LogP contribution in [0.4, 0.5) is 0 Å². The number of halogens is 1. The second kappa shape index (κ2) is 9.03. The highest BCUT2D eigenvalue weighted by molar-refractivity contribution is 14.0. The molecule has 1 aromatic rings. The van der Waals surface area contributed by atoms with Crippen LogP contribution in [-0.2, 0) is 5.41 Å². The Balaban J connectivity index is 0.00000225. The number of nitrogens with one attached hydrogen (secondary N) is 1. The van der Waals surface area contributed by atoms with Gasteiger partial charge in [0.1, 0.15) is 5.75 Å². The summed E-state index contributed by atoms with van der Waals surface area (Å²) in [4.78, 5) is 9.84. The molecule has 5 nitrogen and oxygen atoms in total. The Kier molecular flexibility index (Phi) is 6.91. The molecule has 1 aromatic carbocycles. The summed E-state index contributed by atoms with van der Waals surface area (Å²) in [5.41, 5.74) is 1.40. The van der Waals surface area contributed by atoms with Gasteiger partial charge >= 0.3 is 0 Å². The van der Waals surface area contributed by atoms with Crippen molar-refractivity contribution >= 4 is 29.9 Å². The largest absolute Gasteiger partial charge is 0.496 e. The number of hydrogen-bond acceptors (Lipinski definition) is 3. The van der Waals surface area contributed by atoms with E-state index in [2.05, 4.69) is 59.3 Å². The van der Waals surface area contributed by atoms with Crippen molar-refractivity contribution in [3.05, 3.63) is 42.0 Å². The third-order valence-electron chi connectivity index (χ3n) is 6.40. The molecule has 2 fully saturated rings. The number of aliphatic imine (C=N–C) groups is 1. The molecule has 2 aliphatic heterocycles. The van der Waals surface area contributed by atoms with Crippen LogP contribution in [0, 0.1) is 0 Å². The van der Waals surface area contributed by atoms with Crippen molar-refractivity contribution in [1.82, 2.24) is 15.1 Å². The van der Waals surface area contributed by atoms with E-state index < -0.39 is 0 Å². The lowest BCUT2D eigenvalue weighted by atomic mass is 9.96. The highest BCUT2D eigenvalue weighted by Gasteiger charge is 2.53. The number of rotatable bonds is 5. The summed E-state index contributed by atoms with van der Waals surface area (Å²) in [7, 11) is 1.76. The molecular weight excluding hydrogens is 463 g/mol. The zero-order chi connectivity index (χ0) is 18.9. The summed E-state index contributed by atoms with van der Waals surface area (Å²) in [5.74, 6) is 2.07.